The first kappa shape index (κ1) is 19.3. The van der Waals surface area contributed by atoms with E-state index in [1.54, 1.807) is 7.11 Å². The van der Waals surface area contributed by atoms with Crippen LogP contribution in [0.1, 0.15) is 43.2 Å². The molecule has 0 spiro atoms. The van der Waals surface area contributed by atoms with Crippen LogP contribution in [0.25, 0.3) is 0 Å². The largest absolute Gasteiger partial charge is 0.493 e. The van der Waals surface area contributed by atoms with E-state index in [-0.39, 0.29) is 0 Å². The summed E-state index contributed by atoms with van der Waals surface area (Å²) in [6, 6.07) is 14.7. The van der Waals surface area contributed by atoms with Gasteiger partial charge in [0.05, 0.1) is 7.11 Å². The van der Waals surface area contributed by atoms with Gasteiger partial charge in [0.25, 0.3) is 0 Å². The van der Waals surface area contributed by atoms with Crippen molar-refractivity contribution in [3.63, 3.8) is 0 Å². The van der Waals surface area contributed by atoms with E-state index in [9.17, 15) is 0 Å². The minimum atomic E-state index is 0.499. The van der Waals surface area contributed by atoms with Crippen molar-refractivity contribution in [3.05, 3.63) is 58.6 Å². The first-order chi connectivity index (χ1) is 14.2. The van der Waals surface area contributed by atoms with Crippen molar-refractivity contribution in [1.82, 2.24) is 5.32 Å². The summed E-state index contributed by atoms with van der Waals surface area (Å²) >= 11 is 6.63. The van der Waals surface area contributed by atoms with E-state index in [0.717, 1.165) is 52.1 Å². The molecule has 6 rings (SSSR count). The first-order valence-electron chi connectivity index (χ1n) is 11.0. The molecular weight excluding hydrogens is 382 g/mol. The summed E-state index contributed by atoms with van der Waals surface area (Å²) in [6.45, 7) is 1.29. The van der Waals surface area contributed by atoms with Crippen LogP contribution in [-0.2, 0) is 13.2 Å². The van der Waals surface area contributed by atoms with Gasteiger partial charge in [0.1, 0.15) is 6.61 Å². The maximum atomic E-state index is 6.63. The summed E-state index contributed by atoms with van der Waals surface area (Å²) in [6.07, 6.45) is 7.19. The second-order valence-corrected chi connectivity index (χ2v) is 9.61. The van der Waals surface area contributed by atoms with Crippen molar-refractivity contribution in [2.45, 2.75) is 51.3 Å². The Balaban J connectivity index is 1.26. The Morgan fingerprint density at radius 2 is 1.62 bits per heavy atom. The predicted octanol–water partition coefficient (Wildman–Crippen LogP) is 5.84. The molecule has 2 aromatic carbocycles. The number of methoxy groups -OCH3 is 1. The van der Waals surface area contributed by atoms with Gasteiger partial charge in [-0.15, -0.1) is 0 Å². The molecule has 3 nitrogen and oxygen atoms in total. The maximum Gasteiger partial charge on any atom is 0.163 e. The van der Waals surface area contributed by atoms with Crippen molar-refractivity contribution in [2.75, 3.05) is 7.11 Å². The zero-order valence-corrected chi connectivity index (χ0v) is 17.8. The molecule has 4 saturated carbocycles. The Kier molecular flexibility index (Phi) is 5.45. The molecule has 0 heterocycles. The Bertz CT molecular complexity index is 825. The van der Waals surface area contributed by atoms with Crippen molar-refractivity contribution >= 4 is 11.6 Å². The van der Waals surface area contributed by atoms with Crippen LogP contribution in [-0.4, -0.2) is 13.2 Å². The molecule has 0 aliphatic heterocycles. The third-order valence-corrected chi connectivity index (χ3v) is 7.68. The van der Waals surface area contributed by atoms with E-state index in [1.165, 1.54) is 32.1 Å². The fourth-order valence-corrected chi connectivity index (χ4v) is 6.43. The third kappa shape index (κ3) is 4.00. The van der Waals surface area contributed by atoms with Gasteiger partial charge in [-0.2, -0.15) is 0 Å². The summed E-state index contributed by atoms with van der Waals surface area (Å²) < 4.78 is 11.6. The number of nitrogens with one attached hydrogen (secondary N) is 1. The van der Waals surface area contributed by atoms with Crippen molar-refractivity contribution < 1.29 is 9.47 Å². The molecular formula is C25H30ClNO2. The second kappa shape index (κ2) is 8.20. The SMILES string of the molecule is COc1cc(CNC2C3CC4CC(C3)CC2C4)c(Cl)cc1OCc1ccccc1. The minimum Gasteiger partial charge on any atom is -0.493 e. The highest BCUT2D eigenvalue weighted by Gasteiger charge is 2.47. The third-order valence-electron chi connectivity index (χ3n) is 7.32. The average molecular weight is 412 g/mol. The Morgan fingerprint density at radius 3 is 2.28 bits per heavy atom. The lowest BCUT2D eigenvalue weighted by molar-refractivity contribution is -0.0142. The highest BCUT2D eigenvalue weighted by molar-refractivity contribution is 6.31. The van der Waals surface area contributed by atoms with Gasteiger partial charge in [-0.3, -0.25) is 0 Å². The minimum absolute atomic E-state index is 0.499. The number of ether oxygens (including phenoxy) is 2. The zero-order chi connectivity index (χ0) is 19.8. The lowest BCUT2D eigenvalue weighted by Crippen LogP contribution is -2.54. The summed E-state index contributed by atoms with van der Waals surface area (Å²) in [4.78, 5) is 0. The Labute approximate surface area is 178 Å². The van der Waals surface area contributed by atoms with E-state index >= 15 is 0 Å². The number of rotatable bonds is 7. The van der Waals surface area contributed by atoms with Gasteiger partial charge in [-0.1, -0.05) is 41.9 Å². The van der Waals surface area contributed by atoms with Gasteiger partial charge >= 0.3 is 0 Å². The Morgan fingerprint density at radius 1 is 0.931 bits per heavy atom. The van der Waals surface area contributed by atoms with E-state index < -0.39 is 0 Å². The molecule has 0 amide bonds. The molecule has 4 fully saturated rings. The topological polar surface area (TPSA) is 30.5 Å². The van der Waals surface area contributed by atoms with Gasteiger partial charge in [0, 0.05) is 23.7 Å². The summed E-state index contributed by atoms with van der Waals surface area (Å²) in [7, 11) is 1.69. The molecule has 4 heteroatoms. The molecule has 0 unspecified atom stereocenters. The first-order valence-corrected chi connectivity index (χ1v) is 11.3. The van der Waals surface area contributed by atoms with Crippen molar-refractivity contribution in [3.8, 4) is 11.5 Å². The van der Waals surface area contributed by atoms with Crippen LogP contribution in [0.5, 0.6) is 11.5 Å². The quantitative estimate of drug-likeness (QED) is 0.620. The maximum absolute atomic E-state index is 6.63. The van der Waals surface area contributed by atoms with Crippen LogP contribution in [0.15, 0.2) is 42.5 Å². The van der Waals surface area contributed by atoms with E-state index in [2.05, 4.69) is 17.4 Å². The molecule has 154 valence electrons. The second-order valence-electron chi connectivity index (χ2n) is 9.21. The van der Waals surface area contributed by atoms with Crippen LogP contribution < -0.4 is 14.8 Å². The number of benzene rings is 2. The van der Waals surface area contributed by atoms with Gasteiger partial charge in [0.15, 0.2) is 11.5 Å². The molecule has 4 bridgehead atoms. The highest BCUT2D eigenvalue weighted by Crippen LogP contribution is 2.53. The molecule has 4 aliphatic carbocycles. The van der Waals surface area contributed by atoms with Crippen molar-refractivity contribution in [2.24, 2.45) is 23.7 Å². The Hall–Kier alpha value is -1.71. The number of halogens is 1. The number of hydrogen-bond acceptors (Lipinski definition) is 3. The average Bonchev–Trinajstić information content (AvgIpc) is 2.73. The van der Waals surface area contributed by atoms with Crippen LogP contribution >= 0.6 is 11.6 Å². The van der Waals surface area contributed by atoms with Gasteiger partial charge < -0.3 is 14.8 Å². The molecule has 2 aromatic rings. The molecule has 1 N–H and O–H groups in total. The van der Waals surface area contributed by atoms with Crippen LogP contribution in [0, 0.1) is 23.7 Å². The lowest BCUT2D eigenvalue weighted by atomic mass is 9.54. The molecule has 0 aromatic heterocycles. The van der Waals surface area contributed by atoms with E-state index in [0.29, 0.717) is 18.4 Å². The van der Waals surface area contributed by atoms with Crippen LogP contribution in [0.2, 0.25) is 5.02 Å². The van der Waals surface area contributed by atoms with Gasteiger partial charge in [-0.25, -0.2) is 0 Å². The molecule has 0 saturated heterocycles. The van der Waals surface area contributed by atoms with E-state index in [4.69, 9.17) is 21.1 Å². The highest BCUT2D eigenvalue weighted by atomic mass is 35.5. The van der Waals surface area contributed by atoms with Gasteiger partial charge in [0.2, 0.25) is 0 Å². The van der Waals surface area contributed by atoms with E-state index in [1.807, 2.05) is 30.3 Å². The zero-order valence-electron chi connectivity index (χ0n) is 17.1. The number of hydrogen-bond donors (Lipinski definition) is 1. The standard InChI is InChI=1S/C25H30ClNO2/c1-28-23-12-21(22(26)13-24(23)29-15-16-5-3-2-4-6-16)14-27-25-19-8-17-7-18(10-19)11-20(25)9-17/h2-6,12-13,17-20,25,27H,7-11,14-15H2,1H3. The molecule has 4 aliphatic rings. The fourth-order valence-electron chi connectivity index (χ4n) is 6.21. The molecule has 0 atom stereocenters. The molecule has 29 heavy (non-hydrogen) atoms. The fraction of sp³-hybridized carbons (Fsp3) is 0.520. The van der Waals surface area contributed by atoms with Crippen molar-refractivity contribution in [1.29, 1.82) is 0 Å². The molecule has 0 radical (unpaired) electrons. The summed E-state index contributed by atoms with van der Waals surface area (Å²) in [5.74, 6) is 5.16. The smallest absolute Gasteiger partial charge is 0.163 e. The summed E-state index contributed by atoms with van der Waals surface area (Å²) in [5, 5.41) is 4.61. The van der Waals surface area contributed by atoms with Crippen LogP contribution in [0.4, 0.5) is 0 Å². The normalized spacial score (nSPS) is 29.8. The van der Waals surface area contributed by atoms with Gasteiger partial charge in [-0.05, 0) is 73.0 Å². The lowest BCUT2D eigenvalue weighted by Gasteiger charge is -2.54. The monoisotopic (exact) mass is 411 g/mol. The predicted molar refractivity (Wildman–Crippen MR) is 116 cm³/mol. The van der Waals surface area contributed by atoms with Crippen LogP contribution in [0.3, 0.4) is 0 Å². The summed E-state index contributed by atoms with van der Waals surface area (Å²) in [5.41, 5.74) is 2.21.